The molecule has 3 aromatic rings. The molecule has 5 nitrogen and oxygen atoms in total. The third-order valence-electron chi connectivity index (χ3n) is 4.47. The highest BCUT2D eigenvalue weighted by Crippen LogP contribution is 2.22. The highest BCUT2D eigenvalue weighted by Gasteiger charge is 2.03. The molecule has 0 heterocycles. The molecular formula is C25H25ClN2O3. The molecule has 0 aliphatic heterocycles. The van der Waals surface area contributed by atoms with Crippen molar-refractivity contribution < 1.29 is 14.3 Å². The van der Waals surface area contributed by atoms with E-state index in [1.165, 1.54) is 0 Å². The summed E-state index contributed by atoms with van der Waals surface area (Å²) in [5.41, 5.74) is 5.49. The molecule has 0 bridgehead atoms. The van der Waals surface area contributed by atoms with Crippen LogP contribution in [0.4, 0.5) is 0 Å². The van der Waals surface area contributed by atoms with Crippen LogP contribution in [0.3, 0.4) is 0 Å². The zero-order valence-electron chi connectivity index (χ0n) is 17.4. The number of hydrazone groups is 1. The monoisotopic (exact) mass is 436 g/mol. The number of ether oxygens (including phenoxy) is 2. The van der Waals surface area contributed by atoms with Gasteiger partial charge in [-0.3, -0.25) is 4.79 Å². The Labute approximate surface area is 187 Å². The van der Waals surface area contributed by atoms with Crippen molar-refractivity contribution in [2.75, 3.05) is 6.61 Å². The largest absolute Gasteiger partial charge is 0.493 e. The first-order valence-corrected chi connectivity index (χ1v) is 10.5. The Morgan fingerprint density at radius 1 is 1.03 bits per heavy atom. The van der Waals surface area contributed by atoms with Gasteiger partial charge in [0.25, 0.3) is 0 Å². The number of carbonyl (C=O) groups is 1. The fourth-order valence-electron chi connectivity index (χ4n) is 2.82. The highest BCUT2D eigenvalue weighted by atomic mass is 35.5. The van der Waals surface area contributed by atoms with Gasteiger partial charge in [0.2, 0.25) is 5.91 Å². The lowest BCUT2D eigenvalue weighted by Crippen LogP contribution is -2.18. The number of nitrogens with zero attached hydrogens (tertiary/aromatic N) is 1. The van der Waals surface area contributed by atoms with E-state index in [4.69, 9.17) is 21.1 Å². The Balaban J connectivity index is 1.34. The molecule has 0 fully saturated rings. The molecule has 6 heteroatoms. The molecule has 0 atom stereocenters. The lowest BCUT2D eigenvalue weighted by molar-refractivity contribution is -0.121. The van der Waals surface area contributed by atoms with Gasteiger partial charge in [-0.15, -0.1) is 0 Å². The minimum atomic E-state index is -0.157. The molecule has 0 aromatic heterocycles. The summed E-state index contributed by atoms with van der Waals surface area (Å²) in [6.07, 6.45) is 2.53. The Morgan fingerprint density at radius 2 is 1.81 bits per heavy atom. The normalized spacial score (nSPS) is 10.8. The van der Waals surface area contributed by atoms with Gasteiger partial charge >= 0.3 is 0 Å². The number of aryl methyl sites for hydroxylation is 1. The van der Waals surface area contributed by atoms with Crippen molar-refractivity contribution in [3.63, 3.8) is 0 Å². The minimum absolute atomic E-state index is 0.157. The number of benzene rings is 3. The minimum Gasteiger partial charge on any atom is -0.493 e. The lowest BCUT2D eigenvalue weighted by Gasteiger charge is -2.08. The third-order valence-corrected chi connectivity index (χ3v) is 4.71. The van der Waals surface area contributed by atoms with Crippen LogP contribution in [0.25, 0.3) is 0 Å². The summed E-state index contributed by atoms with van der Waals surface area (Å²) in [4.78, 5) is 11.9. The van der Waals surface area contributed by atoms with Crippen molar-refractivity contribution in [1.29, 1.82) is 0 Å². The summed E-state index contributed by atoms with van der Waals surface area (Å²) in [6.45, 7) is 2.90. The van der Waals surface area contributed by atoms with Gasteiger partial charge in [0, 0.05) is 11.4 Å². The van der Waals surface area contributed by atoms with Crippen LogP contribution >= 0.6 is 11.6 Å². The topological polar surface area (TPSA) is 59.9 Å². The zero-order valence-corrected chi connectivity index (χ0v) is 18.1. The van der Waals surface area contributed by atoms with Gasteiger partial charge in [-0.1, -0.05) is 41.9 Å². The summed E-state index contributed by atoms with van der Waals surface area (Å²) in [5.74, 6) is 1.40. The van der Waals surface area contributed by atoms with E-state index in [9.17, 15) is 4.79 Å². The van der Waals surface area contributed by atoms with E-state index >= 15 is 0 Å². The van der Waals surface area contributed by atoms with Crippen LogP contribution in [-0.2, 0) is 11.4 Å². The van der Waals surface area contributed by atoms with Crippen LogP contribution in [0.2, 0.25) is 5.02 Å². The first-order valence-electron chi connectivity index (χ1n) is 10.1. The van der Waals surface area contributed by atoms with Crippen LogP contribution in [0.1, 0.15) is 29.5 Å². The van der Waals surface area contributed by atoms with E-state index in [0.29, 0.717) is 31.1 Å². The van der Waals surface area contributed by atoms with E-state index in [1.807, 2.05) is 73.7 Å². The maximum atomic E-state index is 11.9. The van der Waals surface area contributed by atoms with Gasteiger partial charge in [0.15, 0.2) is 0 Å². The van der Waals surface area contributed by atoms with Gasteiger partial charge in [-0.2, -0.15) is 5.10 Å². The predicted octanol–water partition coefficient (Wildman–Crippen LogP) is 5.54. The summed E-state index contributed by atoms with van der Waals surface area (Å²) < 4.78 is 11.4. The fraction of sp³-hybridized carbons (Fsp3) is 0.200. The van der Waals surface area contributed by atoms with Crippen LogP contribution < -0.4 is 14.9 Å². The Hall–Kier alpha value is -3.31. The Bertz CT molecular complexity index is 1010. The molecule has 3 aromatic carbocycles. The zero-order chi connectivity index (χ0) is 21.9. The summed E-state index contributed by atoms with van der Waals surface area (Å²) >= 11 is 5.93. The highest BCUT2D eigenvalue weighted by molar-refractivity contribution is 6.30. The SMILES string of the molecule is Cc1cc(Cl)ccc1OCCCC(=O)NN=Cc1ccc(OCc2ccccc2)cc1. The number of hydrogen-bond donors (Lipinski definition) is 1. The molecule has 0 unspecified atom stereocenters. The maximum Gasteiger partial charge on any atom is 0.240 e. The Morgan fingerprint density at radius 3 is 2.55 bits per heavy atom. The molecule has 3 rings (SSSR count). The van der Waals surface area contributed by atoms with Crippen molar-refractivity contribution in [3.8, 4) is 11.5 Å². The van der Waals surface area contributed by atoms with E-state index in [-0.39, 0.29) is 5.91 Å². The number of halogens is 1. The van der Waals surface area contributed by atoms with Gasteiger partial charge < -0.3 is 9.47 Å². The second kappa shape index (κ2) is 11.8. The fourth-order valence-corrected chi connectivity index (χ4v) is 3.04. The van der Waals surface area contributed by atoms with Gasteiger partial charge in [0.1, 0.15) is 18.1 Å². The maximum absolute atomic E-state index is 11.9. The van der Waals surface area contributed by atoms with E-state index in [1.54, 1.807) is 12.3 Å². The summed E-state index contributed by atoms with van der Waals surface area (Å²) in [6, 6.07) is 23.0. The predicted molar refractivity (Wildman–Crippen MR) is 124 cm³/mol. The van der Waals surface area contributed by atoms with Crippen molar-refractivity contribution in [1.82, 2.24) is 5.43 Å². The van der Waals surface area contributed by atoms with E-state index < -0.39 is 0 Å². The number of hydrogen-bond acceptors (Lipinski definition) is 4. The van der Waals surface area contributed by atoms with Gasteiger partial charge in [-0.25, -0.2) is 5.43 Å². The van der Waals surface area contributed by atoms with Crippen LogP contribution in [0.5, 0.6) is 11.5 Å². The van der Waals surface area contributed by atoms with E-state index in [0.717, 1.165) is 28.2 Å². The number of amides is 1. The van der Waals surface area contributed by atoms with Crippen LogP contribution in [0.15, 0.2) is 77.9 Å². The summed E-state index contributed by atoms with van der Waals surface area (Å²) in [7, 11) is 0. The van der Waals surface area contributed by atoms with E-state index in [2.05, 4.69) is 10.5 Å². The smallest absolute Gasteiger partial charge is 0.240 e. The standard InChI is InChI=1S/C25H25ClN2O3/c1-19-16-22(26)11-14-24(19)30-15-5-8-25(29)28-27-17-20-9-12-23(13-10-20)31-18-21-6-3-2-4-7-21/h2-4,6-7,9-14,16-17H,5,8,15,18H2,1H3,(H,28,29). The third kappa shape index (κ3) is 7.79. The molecule has 0 radical (unpaired) electrons. The first-order chi connectivity index (χ1) is 15.1. The van der Waals surface area contributed by atoms with Crippen molar-refractivity contribution in [2.24, 2.45) is 5.10 Å². The average molecular weight is 437 g/mol. The van der Waals surface area contributed by atoms with Gasteiger partial charge in [-0.05, 0) is 72.5 Å². The molecule has 0 aliphatic carbocycles. The van der Waals surface area contributed by atoms with Crippen molar-refractivity contribution in [3.05, 3.63) is 94.5 Å². The molecule has 1 N–H and O–H groups in total. The van der Waals surface area contributed by atoms with Crippen LogP contribution in [0, 0.1) is 6.92 Å². The molecule has 0 spiro atoms. The first kappa shape index (κ1) is 22.4. The molecule has 31 heavy (non-hydrogen) atoms. The molecule has 0 aliphatic rings. The molecular weight excluding hydrogens is 412 g/mol. The van der Waals surface area contributed by atoms with Gasteiger partial charge in [0.05, 0.1) is 12.8 Å². The number of rotatable bonds is 10. The number of nitrogens with one attached hydrogen (secondary N) is 1. The molecule has 160 valence electrons. The van der Waals surface area contributed by atoms with Crippen molar-refractivity contribution >= 4 is 23.7 Å². The Kier molecular flexibility index (Phi) is 8.49. The molecule has 1 amide bonds. The average Bonchev–Trinajstić information content (AvgIpc) is 2.78. The molecule has 0 saturated carbocycles. The lowest BCUT2D eigenvalue weighted by atomic mass is 10.2. The van der Waals surface area contributed by atoms with Crippen molar-refractivity contribution in [2.45, 2.75) is 26.4 Å². The second-order valence-corrected chi connectivity index (χ2v) is 7.43. The second-order valence-electron chi connectivity index (χ2n) is 7.00. The quantitative estimate of drug-likeness (QED) is 0.258. The summed E-state index contributed by atoms with van der Waals surface area (Å²) in [5, 5.41) is 4.68. The van der Waals surface area contributed by atoms with Crippen LogP contribution in [-0.4, -0.2) is 18.7 Å². The molecule has 0 saturated heterocycles. The number of carbonyl (C=O) groups excluding carboxylic acids is 1.